The zero-order valence-electron chi connectivity index (χ0n) is 12.1. The first-order valence-corrected chi connectivity index (χ1v) is 7.91. The fourth-order valence-electron chi connectivity index (χ4n) is 2.25. The van der Waals surface area contributed by atoms with Crippen molar-refractivity contribution in [2.24, 2.45) is 0 Å². The van der Waals surface area contributed by atoms with Crippen molar-refractivity contribution in [3.63, 3.8) is 0 Å². The molecule has 0 aliphatic carbocycles. The summed E-state index contributed by atoms with van der Waals surface area (Å²) >= 11 is 7.68. The maximum Gasteiger partial charge on any atom is 0.398 e. The molecular formula is C13H18BClNO4S. The second kappa shape index (κ2) is 8.15. The highest BCUT2D eigenvalue weighted by Gasteiger charge is 2.33. The molecule has 1 aromatic rings. The zero-order valence-corrected chi connectivity index (χ0v) is 13.7. The van der Waals surface area contributed by atoms with Gasteiger partial charge in [0.1, 0.15) is 4.88 Å². The van der Waals surface area contributed by atoms with Crippen molar-refractivity contribution in [3.05, 3.63) is 21.9 Å². The Morgan fingerprint density at radius 1 is 1.52 bits per heavy atom. The summed E-state index contributed by atoms with van der Waals surface area (Å²) in [6.45, 7) is 1.86. The fourth-order valence-corrected chi connectivity index (χ4v) is 3.43. The van der Waals surface area contributed by atoms with Crippen LogP contribution < -0.4 is 0 Å². The van der Waals surface area contributed by atoms with Crippen LogP contribution >= 0.6 is 22.9 Å². The summed E-state index contributed by atoms with van der Waals surface area (Å²) in [5.74, 6) is -0.316. The number of esters is 1. The van der Waals surface area contributed by atoms with Crippen molar-refractivity contribution in [1.82, 2.24) is 4.81 Å². The van der Waals surface area contributed by atoms with E-state index in [1.165, 1.54) is 18.4 Å². The molecule has 1 unspecified atom stereocenters. The first kappa shape index (κ1) is 16.8. The lowest BCUT2D eigenvalue weighted by Gasteiger charge is -2.23. The second-order valence-corrected chi connectivity index (χ2v) is 6.45. The van der Waals surface area contributed by atoms with Gasteiger partial charge in [0.05, 0.1) is 25.7 Å². The van der Waals surface area contributed by atoms with Gasteiger partial charge in [-0.25, -0.2) is 4.79 Å². The van der Waals surface area contributed by atoms with Gasteiger partial charge in [-0.1, -0.05) is 0 Å². The molecule has 1 aliphatic heterocycles. The molecule has 1 aliphatic rings. The highest BCUT2D eigenvalue weighted by atomic mass is 35.5. The Hall–Kier alpha value is -0.595. The van der Waals surface area contributed by atoms with Crippen molar-refractivity contribution >= 4 is 36.5 Å². The van der Waals surface area contributed by atoms with Gasteiger partial charge < -0.3 is 18.9 Å². The quantitative estimate of drug-likeness (QED) is 0.434. The van der Waals surface area contributed by atoms with Gasteiger partial charge in [0.15, 0.2) is 0 Å². The van der Waals surface area contributed by atoms with Crippen molar-refractivity contribution in [3.8, 4) is 0 Å². The molecule has 2 rings (SSSR count). The van der Waals surface area contributed by atoms with Crippen LogP contribution in [-0.2, 0) is 20.7 Å². The standard InChI is InChI=1S/C13H18BClNO4S/c1-18-13(17)12-4-3-9(21-12)7-20-8-11-10(15)5-6-16(11)14-19-2/h3-4,10-11H,5-8H2,1-2H3/t10?,11-/m0/s1. The van der Waals surface area contributed by atoms with Gasteiger partial charge in [-0.3, -0.25) is 0 Å². The highest BCUT2D eigenvalue weighted by molar-refractivity contribution is 7.13. The van der Waals surface area contributed by atoms with E-state index in [9.17, 15) is 4.79 Å². The van der Waals surface area contributed by atoms with Crippen LogP contribution in [0, 0.1) is 0 Å². The van der Waals surface area contributed by atoms with Crippen LogP contribution in [0.1, 0.15) is 21.0 Å². The third-order valence-corrected chi connectivity index (χ3v) is 4.88. The fraction of sp³-hybridized carbons (Fsp3) is 0.615. The van der Waals surface area contributed by atoms with Crippen LogP contribution in [-0.4, -0.2) is 57.2 Å². The molecule has 115 valence electrons. The molecule has 21 heavy (non-hydrogen) atoms. The summed E-state index contributed by atoms with van der Waals surface area (Å²) in [5, 5.41) is 0.0605. The van der Waals surface area contributed by atoms with Gasteiger partial charge in [0.2, 0.25) is 0 Å². The predicted octanol–water partition coefficient (Wildman–Crippen LogP) is 1.91. The SMILES string of the molecule is CO[B]N1CCC(Cl)[C@@H]1COCc1ccc(C(=O)OC)s1. The summed E-state index contributed by atoms with van der Waals surface area (Å²) in [6, 6.07) is 3.75. The summed E-state index contributed by atoms with van der Waals surface area (Å²) < 4.78 is 15.5. The number of carbonyl (C=O) groups excluding carboxylic acids is 1. The Labute approximate surface area is 134 Å². The minimum atomic E-state index is -0.316. The lowest BCUT2D eigenvalue weighted by atomic mass is 10.1. The van der Waals surface area contributed by atoms with E-state index in [4.69, 9.17) is 21.0 Å². The topological polar surface area (TPSA) is 48.0 Å². The molecule has 8 heteroatoms. The van der Waals surface area contributed by atoms with Crippen molar-refractivity contribution in [2.75, 3.05) is 27.4 Å². The van der Waals surface area contributed by atoms with Crippen molar-refractivity contribution < 1.29 is 18.9 Å². The van der Waals surface area contributed by atoms with Gasteiger partial charge >= 0.3 is 13.6 Å². The number of hydrogen-bond donors (Lipinski definition) is 0. The largest absolute Gasteiger partial charge is 0.465 e. The Balaban J connectivity index is 1.80. The summed E-state index contributed by atoms with van der Waals surface area (Å²) in [7, 11) is 4.69. The molecule has 1 fully saturated rings. The third-order valence-electron chi connectivity index (χ3n) is 3.33. The second-order valence-electron chi connectivity index (χ2n) is 4.72. The van der Waals surface area contributed by atoms with E-state index < -0.39 is 0 Å². The molecular weight excluding hydrogens is 312 g/mol. The number of halogens is 1. The van der Waals surface area contributed by atoms with Crippen LogP contribution in [0.3, 0.4) is 0 Å². The average molecular weight is 331 g/mol. The molecule has 0 amide bonds. The van der Waals surface area contributed by atoms with Crippen molar-refractivity contribution in [1.29, 1.82) is 0 Å². The van der Waals surface area contributed by atoms with Crippen LogP contribution in [0.5, 0.6) is 0 Å². The molecule has 2 atom stereocenters. The first-order chi connectivity index (χ1) is 10.2. The maximum atomic E-state index is 11.4. The van der Waals surface area contributed by atoms with Gasteiger partial charge in [-0.2, -0.15) is 0 Å². The van der Waals surface area contributed by atoms with Crippen LogP contribution in [0.2, 0.25) is 0 Å². The monoisotopic (exact) mass is 330 g/mol. The molecule has 1 saturated heterocycles. The molecule has 0 N–H and O–H groups in total. The van der Waals surface area contributed by atoms with Crippen LogP contribution in [0.15, 0.2) is 12.1 Å². The summed E-state index contributed by atoms with van der Waals surface area (Å²) in [4.78, 5) is 15.0. The normalized spacial score (nSPS) is 22.4. The third kappa shape index (κ3) is 4.44. The summed E-state index contributed by atoms with van der Waals surface area (Å²) in [6.07, 6.45) is 0.918. The van der Waals surface area contributed by atoms with E-state index in [0.29, 0.717) is 18.1 Å². The number of rotatable bonds is 7. The molecule has 5 nitrogen and oxygen atoms in total. The maximum absolute atomic E-state index is 11.4. The van der Waals surface area contributed by atoms with Gasteiger partial charge in [-0.05, 0) is 25.1 Å². The number of ether oxygens (including phenoxy) is 2. The molecule has 0 bridgehead atoms. The van der Waals surface area contributed by atoms with E-state index in [0.717, 1.165) is 17.8 Å². The Kier molecular flexibility index (Phi) is 6.51. The minimum Gasteiger partial charge on any atom is -0.465 e. The Bertz CT molecular complexity index is 471. The Morgan fingerprint density at radius 3 is 3.05 bits per heavy atom. The molecule has 0 aromatic carbocycles. The van der Waals surface area contributed by atoms with E-state index in [2.05, 4.69) is 9.55 Å². The van der Waals surface area contributed by atoms with E-state index in [1.807, 2.05) is 6.07 Å². The lowest BCUT2D eigenvalue weighted by Crippen LogP contribution is -2.40. The predicted molar refractivity (Wildman–Crippen MR) is 82.8 cm³/mol. The molecule has 0 saturated carbocycles. The number of carbonyl (C=O) groups is 1. The number of alkyl halides is 1. The number of nitrogens with zero attached hydrogens (tertiary/aromatic N) is 1. The van der Waals surface area contributed by atoms with Crippen LogP contribution in [0.4, 0.5) is 0 Å². The number of hydrogen-bond acceptors (Lipinski definition) is 6. The first-order valence-electron chi connectivity index (χ1n) is 6.66. The van der Waals surface area contributed by atoms with E-state index >= 15 is 0 Å². The van der Waals surface area contributed by atoms with Crippen molar-refractivity contribution in [2.45, 2.75) is 24.4 Å². The summed E-state index contributed by atoms with van der Waals surface area (Å²) in [5.41, 5.74) is 0. The smallest absolute Gasteiger partial charge is 0.398 e. The van der Waals surface area contributed by atoms with E-state index in [-0.39, 0.29) is 17.4 Å². The van der Waals surface area contributed by atoms with E-state index in [1.54, 1.807) is 20.8 Å². The molecule has 0 spiro atoms. The number of thiophene rings is 1. The van der Waals surface area contributed by atoms with Gasteiger partial charge in [0.25, 0.3) is 0 Å². The van der Waals surface area contributed by atoms with Crippen LogP contribution in [0.25, 0.3) is 0 Å². The van der Waals surface area contributed by atoms with Gasteiger partial charge in [-0.15, -0.1) is 22.9 Å². The molecule has 1 radical (unpaired) electrons. The highest BCUT2D eigenvalue weighted by Crippen LogP contribution is 2.23. The average Bonchev–Trinajstić information content (AvgIpc) is 3.08. The van der Waals surface area contributed by atoms with Gasteiger partial charge in [0, 0.05) is 18.0 Å². The number of methoxy groups -OCH3 is 1. The zero-order chi connectivity index (χ0) is 15.2. The minimum absolute atomic E-state index is 0.0605. The Morgan fingerprint density at radius 2 is 2.33 bits per heavy atom. The molecule has 2 heterocycles. The molecule has 1 aromatic heterocycles. The lowest BCUT2D eigenvalue weighted by molar-refractivity contribution is 0.0606.